The van der Waals surface area contributed by atoms with Crippen molar-refractivity contribution in [1.82, 2.24) is 0 Å². The van der Waals surface area contributed by atoms with Gasteiger partial charge in [-0.3, -0.25) is 0 Å². The molecule has 1 aliphatic rings. The SMILES string of the molecule is CC(C)COCCOc1ccccc1N1CCCC(N)C1. The maximum Gasteiger partial charge on any atom is 0.142 e. The van der Waals surface area contributed by atoms with Crippen LogP contribution < -0.4 is 15.4 Å². The molecular formula is C17H28N2O2. The van der Waals surface area contributed by atoms with Gasteiger partial charge >= 0.3 is 0 Å². The third-order valence-electron chi connectivity index (χ3n) is 3.60. The molecule has 1 heterocycles. The van der Waals surface area contributed by atoms with Crippen molar-refractivity contribution in [3.8, 4) is 5.75 Å². The molecule has 1 fully saturated rings. The predicted octanol–water partition coefficient (Wildman–Crippen LogP) is 2.67. The number of benzene rings is 1. The molecule has 4 nitrogen and oxygen atoms in total. The molecule has 1 unspecified atom stereocenters. The number of para-hydroxylation sites is 2. The summed E-state index contributed by atoms with van der Waals surface area (Å²) in [7, 11) is 0. The Kier molecular flexibility index (Phi) is 6.33. The van der Waals surface area contributed by atoms with Gasteiger partial charge in [-0.25, -0.2) is 0 Å². The number of hydrogen-bond donors (Lipinski definition) is 1. The van der Waals surface area contributed by atoms with Crippen LogP contribution in [0.4, 0.5) is 5.69 Å². The van der Waals surface area contributed by atoms with E-state index in [0.29, 0.717) is 19.1 Å². The number of rotatable bonds is 7. The van der Waals surface area contributed by atoms with Crippen LogP contribution in [0.2, 0.25) is 0 Å². The van der Waals surface area contributed by atoms with Gasteiger partial charge in [0.1, 0.15) is 12.4 Å². The number of nitrogens with zero attached hydrogens (tertiary/aromatic N) is 1. The lowest BCUT2D eigenvalue weighted by Gasteiger charge is -2.33. The second-order valence-corrected chi connectivity index (χ2v) is 6.13. The average Bonchev–Trinajstić information content (AvgIpc) is 2.47. The fourth-order valence-corrected chi connectivity index (χ4v) is 2.60. The Hall–Kier alpha value is -1.26. The lowest BCUT2D eigenvalue weighted by Crippen LogP contribution is -2.43. The molecule has 1 aromatic carbocycles. The van der Waals surface area contributed by atoms with E-state index in [1.165, 1.54) is 0 Å². The minimum absolute atomic E-state index is 0.265. The summed E-state index contributed by atoms with van der Waals surface area (Å²) >= 11 is 0. The number of anilines is 1. The fourth-order valence-electron chi connectivity index (χ4n) is 2.60. The standard InChI is InChI=1S/C17H28N2O2/c1-14(2)13-20-10-11-21-17-8-4-3-7-16(17)19-9-5-6-15(18)12-19/h3-4,7-8,14-15H,5-6,9-13,18H2,1-2H3. The summed E-state index contributed by atoms with van der Waals surface area (Å²) in [6, 6.07) is 8.47. The Bertz CT molecular complexity index is 423. The molecule has 1 saturated heterocycles. The third kappa shape index (κ3) is 5.21. The number of piperidine rings is 1. The summed E-state index contributed by atoms with van der Waals surface area (Å²) in [5.74, 6) is 1.49. The molecule has 0 saturated carbocycles. The van der Waals surface area contributed by atoms with Crippen molar-refractivity contribution < 1.29 is 9.47 Å². The predicted molar refractivity (Wildman–Crippen MR) is 87.0 cm³/mol. The van der Waals surface area contributed by atoms with Crippen LogP contribution in [0.3, 0.4) is 0 Å². The maximum atomic E-state index is 6.08. The third-order valence-corrected chi connectivity index (χ3v) is 3.60. The van der Waals surface area contributed by atoms with Crippen LogP contribution in [0.1, 0.15) is 26.7 Å². The number of hydrogen-bond acceptors (Lipinski definition) is 4. The second kappa shape index (κ2) is 8.25. The van der Waals surface area contributed by atoms with E-state index in [4.69, 9.17) is 15.2 Å². The lowest BCUT2D eigenvalue weighted by atomic mass is 10.1. The summed E-state index contributed by atoms with van der Waals surface area (Å²) < 4.78 is 11.5. The Morgan fingerprint density at radius 2 is 2.10 bits per heavy atom. The normalized spacial score (nSPS) is 19.0. The van der Waals surface area contributed by atoms with Gasteiger partial charge < -0.3 is 20.1 Å². The van der Waals surface area contributed by atoms with Gasteiger partial charge in [0.05, 0.1) is 12.3 Å². The van der Waals surface area contributed by atoms with E-state index in [1.54, 1.807) is 0 Å². The topological polar surface area (TPSA) is 47.7 Å². The lowest BCUT2D eigenvalue weighted by molar-refractivity contribution is 0.0820. The molecule has 1 aliphatic heterocycles. The van der Waals surface area contributed by atoms with E-state index in [9.17, 15) is 0 Å². The monoisotopic (exact) mass is 292 g/mol. The maximum absolute atomic E-state index is 6.08. The van der Waals surface area contributed by atoms with Gasteiger partial charge in [-0.15, -0.1) is 0 Å². The van der Waals surface area contributed by atoms with Crippen LogP contribution in [0.25, 0.3) is 0 Å². The molecule has 0 spiro atoms. The van der Waals surface area contributed by atoms with E-state index in [1.807, 2.05) is 12.1 Å². The first kappa shape index (κ1) is 16.1. The molecule has 2 N–H and O–H groups in total. The summed E-state index contributed by atoms with van der Waals surface area (Å²) in [6.45, 7) is 8.26. The average molecular weight is 292 g/mol. The van der Waals surface area contributed by atoms with E-state index < -0.39 is 0 Å². The van der Waals surface area contributed by atoms with Crippen LogP contribution in [-0.4, -0.2) is 39.0 Å². The molecule has 2 rings (SSSR count). The highest BCUT2D eigenvalue weighted by atomic mass is 16.5. The first-order valence-corrected chi connectivity index (χ1v) is 7.97. The molecule has 0 bridgehead atoms. The number of ether oxygens (including phenoxy) is 2. The minimum Gasteiger partial charge on any atom is -0.489 e. The molecule has 0 amide bonds. The fraction of sp³-hybridized carbons (Fsp3) is 0.647. The highest BCUT2D eigenvalue weighted by molar-refractivity contribution is 5.58. The summed E-state index contributed by atoms with van der Waals surface area (Å²) in [4.78, 5) is 2.33. The molecule has 0 aromatic heterocycles. The molecule has 1 aromatic rings. The van der Waals surface area contributed by atoms with Gasteiger partial charge in [-0.2, -0.15) is 0 Å². The zero-order chi connectivity index (χ0) is 15.1. The van der Waals surface area contributed by atoms with Gasteiger partial charge in [0.25, 0.3) is 0 Å². The molecule has 4 heteroatoms. The van der Waals surface area contributed by atoms with Crippen molar-refractivity contribution in [2.24, 2.45) is 11.7 Å². The van der Waals surface area contributed by atoms with Gasteiger partial charge in [0.15, 0.2) is 0 Å². The molecule has 0 radical (unpaired) electrons. The molecular weight excluding hydrogens is 264 g/mol. The van der Waals surface area contributed by atoms with Crippen LogP contribution in [-0.2, 0) is 4.74 Å². The smallest absolute Gasteiger partial charge is 0.142 e. The molecule has 1 atom stereocenters. The number of nitrogens with two attached hydrogens (primary N) is 1. The molecule has 21 heavy (non-hydrogen) atoms. The Morgan fingerprint density at radius 1 is 1.29 bits per heavy atom. The van der Waals surface area contributed by atoms with Gasteiger partial charge in [0.2, 0.25) is 0 Å². The first-order chi connectivity index (χ1) is 10.2. The zero-order valence-corrected chi connectivity index (χ0v) is 13.3. The van der Waals surface area contributed by atoms with Crippen molar-refractivity contribution >= 4 is 5.69 Å². The van der Waals surface area contributed by atoms with Crippen LogP contribution in [0.5, 0.6) is 5.75 Å². The van der Waals surface area contributed by atoms with Gasteiger partial charge in [0, 0.05) is 25.7 Å². The summed E-state index contributed by atoms with van der Waals surface area (Å²) in [5, 5.41) is 0. The highest BCUT2D eigenvalue weighted by Gasteiger charge is 2.19. The van der Waals surface area contributed by atoms with Crippen LogP contribution >= 0.6 is 0 Å². The van der Waals surface area contributed by atoms with E-state index in [-0.39, 0.29) is 6.04 Å². The van der Waals surface area contributed by atoms with Crippen molar-refractivity contribution in [2.75, 3.05) is 37.8 Å². The molecule has 118 valence electrons. The highest BCUT2D eigenvalue weighted by Crippen LogP contribution is 2.29. The van der Waals surface area contributed by atoms with Gasteiger partial charge in [-0.05, 0) is 30.9 Å². The van der Waals surface area contributed by atoms with E-state index in [0.717, 1.165) is 44.0 Å². The van der Waals surface area contributed by atoms with Gasteiger partial charge in [-0.1, -0.05) is 26.0 Å². The minimum atomic E-state index is 0.265. The largest absolute Gasteiger partial charge is 0.489 e. The van der Waals surface area contributed by atoms with Crippen LogP contribution in [0, 0.1) is 5.92 Å². The quantitative estimate of drug-likeness (QED) is 0.785. The van der Waals surface area contributed by atoms with Crippen molar-refractivity contribution in [3.63, 3.8) is 0 Å². The van der Waals surface area contributed by atoms with Crippen molar-refractivity contribution in [3.05, 3.63) is 24.3 Å². The molecule has 0 aliphatic carbocycles. The zero-order valence-electron chi connectivity index (χ0n) is 13.3. The second-order valence-electron chi connectivity index (χ2n) is 6.13. The van der Waals surface area contributed by atoms with Crippen LogP contribution in [0.15, 0.2) is 24.3 Å². The first-order valence-electron chi connectivity index (χ1n) is 7.97. The Morgan fingerprint density at radius 3 is 2.86 bits per heavy atom. The Labute approximate surface area is 128 Å². The summed E-state index contributed by atoms with van der Waals surface area (Å²) in [5.41, 5.74) is 7.23. The van der Waals surface area contributed by atoms with Crippen molar-refractivity contribution in [1.29, 1.82) is 0 Å². The summed E-state index contributed by atoms with van der Waals surface area (Å²) in [6.07, 6.45) is 2.26. The van der Waals surface area contributed by atoms with E-state index >= 15 is 0 Å². The van der Waals surface area contributed by atoms with E-state index in [2.05, 4.69) is 30.9 Å². The van der Waals surface area contributed by atoms with Crippen molar-refractivity contribution in [2.45, 2.75) is 32.7 Å². The Balaban J connectivity index is 1.87.